The minimum Gasteiger partial charge on any atom is -0.353 e. The summed E-state index contributed by atoms with van der Waals surface area (Å²) in [6.07, 6.45) is 10.1. The third-order valence-electron chi connectivity index (χ3n) is 5.21. The van der Waals surface area contributed by atoms with Gasteiger partial charge in [-0.25, -0.2) is 0 Å². The number of aromatic nitrogens is 2. The maximum atomic E-state index is 6.18. The summed E-state index contributed by atoms with van der Waals surface area (Å²) in [6, 6.07) is 8.92. The monoisotopic (exact) mass is 279 g/mol. The first-order valence-corrected chi connectivity index (χ1v) is 7.88. The van der Waals surface area contributed by atoms with Gasteiger partial charge in [-0.3, -0.25) is 4.98 Å². The van der Waals surface area contributed by atoms with Crippen LogP contribution in [-0.2, 0) is 5.41 Å². The fourth-order valence-corrected chi connectivity index (χ4v) is 3.92. The van der Waals surface area contributed by atoms with E-state index in [-0.39, 0.29) is 5.41 Å². The highest BCUT2D eigenvalue weighted by molar-refractivity contribution is 6.07. The van der Waals surface area contributed by atoms with Crippen molar-refractivity contribution in [2.45, 2.75) is 37.5 Å². The minimum absolute atomic E-state index is 0.184. The Morgan fingerprint density at radius 1 is 1.05 bits per heavy atom. The molecule has 0 amide bonds. The van der Waals surface area contributed by atoms with E-state index < -0.39 is 0 Å². The molecule has 0 saturated heterocycles. The fraction of sp³-hybridized carbons (Fsp3) is 0.389. The number of H-pyrrole nitrogens is 1. The number of nitrogens with one attached hydrogen (secondary N) is 1. The van der Waals surface area contributed by atoms with Crippen molar-refractivity contribution >= 4 is 21.8 Å². The third-order valence-corrected chi connectivity index (χ3v) is 5.21. The molecule has 1 aliphatic rings. The van der Waals surface area contributed by atoms with E-state index in [1.54, 1.807) is 0 Å². The molecule has 3 nitrogen and oxygen atoms in total. The Hall–Kier alpha value is -1.87. The number of benzene rings is 1. The molecule has 3 N–H and O–H groups in total. The molecule has 1 aliphatic carbocycles. The summed E-state index contributed by atoms with van der Waals surface area (Å²) in [5, 5.41) is 2.55. The molecule has 2 heterocycles. The average Bonchev–Trinajstić information content (AvgIpc) is 2.93. The van der Waals surface area contributed by atoms with Crippen molar-refractivity contribution < 1.29 is 0 Å². The molecular weight excluding hydrogens is 258 g/mol. The zero-order valence-electron chi connectivity index (χ0n) is 12.2. The molecule has 0 bridgehead atoms. The van der Waals surface area contributed by atoms with Crippen LogP contribution in [0.5, 0.6) is 0 Å². The zero-order valence-corrected chi connectivity index (χ0v) is 12.2. The Balaban J connectivity index is 1.91. The molecule has 4 rings (SSSR count). The van der Waals surface area contributed by atoms with Crippen LogP contribution in [0.15, 0.2) is 36.7 Å². The lowest BCUT2D eigenvalue weighted by Gasteiger charge is -2.37. The molecule has 0 radical (unpaired) electrons. The summed E-state index contributed by atoms with van der Waals surface area (Å²) >= 11 is 0. The molecular formula is C18H21N3. The van der Waals surface area contributed by atoms with Crippen LogP contribution >= 0.6 is 0 Å². The van der Waals surface area contributed by atoms with Crippen LogP contribution in [0.25, 0.3) is 21.8 Å². The maximum Gasteiger partial charge on any atom is 0.0651 e. The van der Waals surface area contributed by atoms with Gasteiger partial charge in [0.15, 0.2) is 0 Å². The van der Waals surface area contributed by atoms with Crippen molar-refractivity contribution in [3.63, 3.8) is 0 Å². The molecule has 0 aliphatic heterocycles. The molecule has 0 atom stereocenters. The Labute approximate surface area is 124 Å². The van der Waals surface area contributed by atoms with Gasteiger partial charge < -0.3 is 10.7 Å². The van der Waals surface area contributed by atoms with Gasteiger partial charge in [0.2, 0.25) is 0 Å². The zero-order chi connectivity index (χ0) is 14.3. The Kier molecular flexibility index (Phi) is 2.96. The van der Waals surface area contributed by atoms with E-state index in [9.17, 15) is 0 Å². The van der Waals surface area contributed by atoms with Gasteiger partial charge in [0.25, 0.3) is 0 Å². The summed E-state index contributed by atoms with van der Waals surface area (Å²) in [6.45, 7) is 0.752. The Morgan fingerprint density at radius 3 is 2.71 bits per heavy atom. The SMILES string of the molecule is NCC1(c2ccc3[nH]c4cnccc4c3c2)CCCCC1. The first-order valence-electron chi connectivity index (χ1n) is 7.88. The van der Waals surface area contributed by atoms with E-state index in [0.29, 0.717) is 0 Å². The van der Waals surface area contributed by atoms with Crippen molar-refractivity contribution in [3.8, 4) is 0 Å². The molecule has 108 valence electrons. The minimum atomic E-state index is 0.184. The van der Waals surface area contributed by atoms with E-state index in [4.69, 9.17) is 5.73 Å². The van der Waals surface area contributed by atoms with Crippen LogP contribution in [0.1, 0.15) is 37.7 Å². The van der Waals surface area contributed by atoms with Crippen LogP contribution in [0, 0.1) is 0 Å². The van der Waals surface area contributed by atoms with Crippen LogP contribution in [0.4, 0.5) is 0 Å². The molecule has 2 aromatic heterocycles. The predicted molar refractivity (Wildman–Crippen MR) is 87.4 cm³/mol. The second-order valence-corrected chi connectivity index (χ2v) is 6.35. The van der Waals surface area contributed by atoms with E-state index in [1.807, 2.05) is 12.4 Å². The standard InChI is InChI=1S/C18H21N3/c19-12-18(7-2-1-3-8-18)13-4-5-16-15(10-13)14-6-9-20-11-17(14)21-16/h4-6,9-11,21H,1-3,7-8,12,19H2. The number of nitrogens with two attached hydrogens (primary N) is 1. The fourth-order valence-electron chi connectivity index (χ4n) is 3.92. The maximum absolute atomic E-state index is 6.18. The summed E-state index contributed by atoms with van der Waals surface area (Å²) in [4.78, 5) is 7.64. The molecule has 3 heteroatoms. The normalized spacial score (nSPS) is 18.3. The van der Waals surface area contributed by atoms with Gasteiger partial charge in [-0.2, -0.15) is 0 Å². The quantitative estimate of drug-likeness (QED) is 0.748. The molecule has 21 heavy (non-hydrogen) atoms. The molecule has 0 unspecified atom stereocenters. The number of fused-ring (bicyclic) bond motifs is 3. The molecule has 0 spiro atoms. The second-order valence-electron chi connectivity index (χ2n) is 6.35. The van der Waals surface area contributed by atoms with Gasteiger partial charge in [-0.05, 0) is 36.6 Å². The first-order chi connectivity index (χ1) is 10.3. The van der Waals surface area contributed by atoms with Gasteiger partial charge in [0, 0.05) is 34.4 Å². The summed E-state index contributed by atoms with van der Waals surface area (Å²) in [5.74, 6) is 0. The van der Waals surface area contributed by atoms with Gasteiger partial charge in [-0.1, -0.05) is 25.3 Å². The number of hydrogen-bond acceptors (Lipinski definition) is 2. The van der Waals surface area contributed by atoms with E-state index >= 15 is 0 Å². The third kappa shape index (κ3) is 1.95. The van der Waals surface area contributed by atoms with Crippen LogP contribution in [-0.4, -0.2) is 16.5 Å². The lowest BCUT2D eigenvalue weighted by molar-refractivity contribution is 0.301. The lowest BCUT2D eigenvalue weighted by Crippen LogP contribution is -2.37. The summed E-state index contributed by atoms with van der Waals surface area (Å²) < 4.78 is 0. The predicted octanol–water partition coefficient (Wildman–Crippen LogP) is 3.88. The molecule has 1 fully saturated rings. The average molecular weight is 279 g/mol. The second kappa shape index (κ2) is 4.85. The Bertz CT molecular complexity index is 781. The topological polar surface area (TPSA) is 54.7 Å². The summed E-state index contributed by atoms with van der Waals surface area (Å²) in [5.41, 5.74) is 10.1. The van der Waals surface area contributed by atoms with Crippen molar-refractivity contribution in [1.29, 1.82) is 0 Å². The molecule has 1 aromatic carbocycles. The van der Waals surface area contributed by atoms with Crippen LogP contribution < -0.4 is 5.73 Å². The van der Waals surface area contributed by atoms with Crippen LogP contribution in [0.2, 0.25) is 0 Å². The smallest absolute Gasteiger partial charge is 0.0651 e. The van der Waals surface area contributed by atoms with Crippen molar-refractivity contribution in [3.05, 3.63) is 42.2 Å². The number of hydrogen-bond donors (Lipinski definition) is 2. The van der Waals surface area contributed by atoms with E-state index in [0.717, 1.165) is 12.1 Å². The van der Waals surface area contributed by atoms with E-state index in [1.165, 1.54) is 54.0 Å². The van der Waals surface area contributed by atoms with Gasteiger partial charge in [-0.15, -0.1) is 0 Å². The van der Waals surface area contributed by atoms with E-state index in [2.05, 4.69) is 34.2 Å². The van der Waals surface area contributed by atoms with Gasteiger partial charge in [0.1, 0.15) is 0 Å². The number of rotatable bonds is 2. The van der Waals surface area contributed by atoms with Crippen LogP contribution in [0.3, 0.4) is 0 Å². The number of aromatic amines is 1. The lowest BCUT2D eigenvalue weighted by atomic mass is 9.69. The van der Waals surface area contributed by atoms with Crippen molar-refractivity contribution in [2.24, 2.45) is 5.73 Å². The molecule has 1 saturated carbocycles. The van der Waals surface area contributed by atoms with Gasteiger partial charge in [0.05, 0.1) is 11.7 Å². The first kappa shape index (κ1) is 12.8. The number of pyridine rings is 1. The van der Waals surface area contributed by atoms with Gasteiger partial charge >= 0.3 is 0 Å². The highest BCUT2D eigenvalue weighted by Gasteiger charge is 2.32. The number of nitrogens with zero attached hydrogens (tertiary/aromatic N) is 1. The highest BCUT2D eigenvalue weighted by Crippen LogP contribution is 2.40. The largest absolute Gasteiger partial charge is 0.353 e. The molecule has 3 aromatic rings. The summed E-state index contributed by atoms with van der Waals surface area (Å²) in [7, 11) is 0. The highest BCUT2D eigenvalue weighted by atomic mass is 14.7. The van der Waals surface area contributed by atoms with Crippen molar-refractivity contribution in [2.75, 3.05) is 6.54 Å². The van der Waals surface area contributed by atoms with Crippen molar-refractivity contribution in [1.82, 2.24) is 9.97 Å². The Morgan fingerprint density at radius 2 is 1.90 bits per heavy atom.